The summed E-state index contributed by atoms with van der Waals surface area (Å²) in [5, 5.41) is 165. The minimum atomic E-state index is -1.60. The van der Waals surface area contributed by atoms with Crippen molar-refractivity contribution in [3.05, 3.63) is 199 Å². The van der Waals surface area contributed by atoms with E-state index in [-0.39, 0.29) is 75.1 Å². The van der Waals surface area contributed by atoms with Crippen molar-refractivity contribution in [1.29, 1.82) is 0 Å². The van der Waals surface area contributed by atoms with E-state index < -0.39 is 166 Å². The Kier molecular flexibility index (Phi) is 31.3. The lowest BCUT2D eigenvalue weighted by Crippen LogP contribution is -2.39. The molecule has 2 amide bonds. The van der Waals surface area contributed by atoms with Crippen LogP contribution in [-0.2, 0) is 14.4 Å². The van der Waals surface area contributed by atoms with Gasteiger partial charge in [-0.15, -0.1) is 0 Å². The third-order valence-electron chi connectivity index (χ3n) is 13.0. The van der Waals surface area contributed by atoms with E-state index in [9.17, 15) is 91.1 Å². The van der Waals surface area contributed by atoms with E-state index in [0.717, 1.165) is 34.7 Å². The third-order valence-corrected chi connectivity index (χ3v) is 14.0. The zero-order valence-electron chi connectivity index (χ0n) is 53.5. The van der Waals surface area contributed by atoms with Crippen LogP contribution in [-0.4, -0.2) is 264 Å². The molecule has 0 spiro atoms. The van der Waals surface area contributed by atoms with Crippen LogP contribution in [0.25, 0.3) is 21.9 Å². The number of rotatable bonds is 17. The number of hydrogen-bond donors (Lipinski definition) is 20. The van der Waals surface area contributed by atoms with Crippen LogP contribution in [0.1, 0.15) is 153 Å². The summed E-state index contributed by atoms with van der Waals surface area (Å²) in [7, 11) is 0. The van der Waals surface area contributed by atoms with Crippen LogP contribution < -0.4 is 0 Å². The normalized spacial score (nSPS) is 12.6. The van der Waals surface area contributed by atoms with Crippen LogP contribution in [0, 0.1) is 5.92 Å². The number of benzene rings is 5. The summed E-state index contributed by atoms with van der Waals surface area (Å²) in [6, 6.07) is 21.0. The lowest BCUT2D eigenvalue weighted by molar-refractivity contribution is -0.142. The Morgan fingerprint density at radius 3 is 1.17 bits per heavy atom. The molecule has 109 heavy (non-hydrogen) atoms. The van der Waals surface area contributed by atoms with Crippen molar-refractivity contribution in [3.8, 4) is 0 Å². The highest BCUT2D eigenvalue weighted by Gasteiger charge is 2.43. The lowest BCUT2D eigenvalue weighted by Gasteiger charge is -2.16. The van der Waals surface area contributed by atoms with Gasteiger partial charge in [-0.3, -0.25) is 9.69 Å². The van der Waals surface area contributed by atoms with Crippen LogP contribution in [0.4, 0.5) is 9.59 Å². The highest BCUT2D eigenvalue weighted by molar-refractivity contribution is 8.00. The SMILES string of the molecule is O=C(O)C1=CSN(C(=O)O)C1.O=C(O)C1CC(C(=O)O)N(C(=O)O)C1.O=C(O)c1cc(C(=O)O)c2nc(C(=O)O)oc2c1.O=C(O)c1cc(C(=O)O)nc(C(=O)O)n1.O=C(O)c1ccc(C(=O)O)cc1.O=C(O)c1cccc2c(C(=O)O)cccc12.O=C(O)c1ccccc1C(=O)O.O=C(O)c1nc[nH]c1C(=O)O. The van der Waals surface area contributed by atoms with Crippen LogP contribution >= 0.6 is 11.9 Å². The topological polar surface area (TPSA) is 796 Å². The number of carboxylic acid groups (broad SMARTS) is 19. The molecular weight excluding hydrogens is 1500 g/mol. The Morgan fingerprint density at radius 2 is 0.862 bits per heavy atom. The zero-order valence-corrected chi connectivity index (χ0v) is 54.3. The summed E-state index contributed by atoms with van der Waals surface area (Å²) < 4.78 is 5.72. The molecule has 5 heterocycles. The largest absolute Gasteiger partial charge is 0.481 e. The van der Waals surface area contributed by atoms with Crippen molar-refractivity contribution in [1.82, 2.24) is 34.1 Å². The van der Waals surface area contributed by atoms with Gasteiger partial charge in [0, 0.05) is 18.0 Å². The lowest BCUT2D eigenvalue weighted by atomic mass is 10.0. The Bertz CT molecular complexity index is 4770. The van der Waals surface area contributed by atoms with Crippen LogP contribution in [0.5, 0.6) is 0 Å². The average Bonchev–Trinajstić information content (AvgIpc) is 1.69. The van der Waals surface area contributed by atoms with Gasteiger partial charge in [-0.05, 0) is 89.8 Å². The quantitative estimate of drug-likeness (QED) is 0.0543. The van der Waals surface area contributed by atoms with Crippen molar-refractivity contribution < 1.29 is 193 Å². The second-order valence-electron chi connectivity index (χ2n) is 20.0. The Labute approximate surface area is 603 Å². The number of aromatic amines is 1. The number of carboxylic acids is 17. The van der Waals surface area contributed by atoms with E-state index in [1.54, 1.807) is 12.1 Å². The maximum atomic E-state index is 10.9. The number of aromatic nitrogens is 5. The molecule has 1 fully saturated rings. The van der Waals surface area contributed by atoms with E-state index in [4.69, 9.17) is 101 Å². The van der Waals surface area contributed by atoms with Crippen molar-refractivity contribution in [2.75, 3.05) is 13.1 Å². The second-order valence-corrected chi connectivity index (χ2v) is 20.9. The van der Waals surface area contributed by atoms with Crippen LogP contribution in [0.3, 0.4) is 0 Å². The number of amides is 2. The Morgan fingerprint density at radius 1 is 0.413 bits per heavy atom. The van der Waals surface area contributed by atoms with Crippen LogP contribution in [0.15, 0.2) is 125 Å². The molecule has 10 rings (SSSR count). The summed E-state index contributed by atoms with van der Waals surface area (Å²) in [4.78, 5) is 216. The molecule has 2 aliphatic heterocycles. The number of oxazole rings is 1. The summed E-state index contributed by atoms with van der Waals surface area (Å²) in [6.07, 6.45) is -1.67. The molecule has 0 radical (unpaired) electrons. The van der Waals surface area contributed by atoms with Crippen molar-refractivity contribution in [2.45, 2.75) is 12.5 Å². The number of aliphatic carboxylic acids is 3. The van der Waals surface area contributed by atoms with Gasteiger partial charge in [0.1, 0.15) is 11.6 Å². The first-order chi connectivity index (χ1) is 50.8. The predicted octanol–water partition coefficient (Wildman–Crippen LogP) is 4.82. The fourth-order valence-corrected chi connectivity index (χ4v) is 8.86. The van der Waals surface area contributed by atoms with Crippen LogP contribution in [0.2, 0.25) is 0 Å². The average molecular weight is 1550 g/mol. The molecule has 2 aliphatic rings. The van der Waals surface area contributed by atoms with Gasteiger partial charge in [0.25, 0.3) is 0 Å². The minimum Gasteiger partial charge on any atom is -0.481 e. The number of hydrogen-bond acceptors (Lipinski definition) is 25. The first-order valence-electron chi connectivity index (χ1n) is 28.2. The molecule has 2 unspecified atom stereocenters. The van der Waals surface area contributed by atoms with E-state index in [0.29, 0.717) is 21.7 Å². The molecule has 0 bridgehead atoms. The number of carbonyl (C=O) groups is 19. The number of H-pyrrole nitrogens is 1. The Hall–Kier alpha value is -16.3. The highest BCUT2D eigenvalue weighted by atomic mass is 32.2. The van der Waals surface area contributed by atoms with Crippen molar-refractivity contribution >= 4 is 147 Å². The molecule has 570 valence electrons. The summed E-state index contributed by atoms with van der Waals surface area (Å²) in [6.45, 7) is -0.309. The number of aromatic carboxylic acids is 14. The van der Waals surface area contributed by atoms with Gasteiger partial charge in [-0.1, -0.05) is 36.4 Å². The smallest absolute Gasteiger partial charge is 0.417 e. The first kappa shape index (κ1) is 87.0. The molecule has 0 aliphatic carbocycles. The molecule has 20 N–H and O–H groups in total. The van der Waals surface area contributed by atoms with Gasteiger partial charge in [-0.25, -0.2) is 111 Å². The third kappa shape index (κ3) is 25.0. The molecule has 1 saturated heterocycles. The molecular formula is C62H47N7O39S. The number of likely N-dealkylation sites (tertiary alicyclic amines) is 1. The predicted molar refractivity (Wildman–Crippen MR) is 349 cm³/mol. The zero-order chi connectivity index (χ0) is 82.8. The standard InChI is InChI=1S/C12H8O4.C10H5NO7.2C8H6O4.C7H4N2O6.C7H9NO6.C5H4N2O4.C5H5NO4S/c13-11(14)9-5-1-3-7-8(9)4-2-6-10(7)12(15)16;12-8(13)3-1-4(9(14)15)6-5(2-3)18-7(11-6)10(16)17;9-7(10)5-1-2-6(4-3-5)8(11)12;9-7(10)5-3-1-2-4-6(5)8(11)12;10-5(11)2-1-3(6(12)13)9-4(8-2)7(14)15;9-5(10)3-1-4(6(11)12)8(2-3)7(13)14;8-4(9)2-3(5(10)11)7-1-6-2;7-4(8)3-1-6(5(9)10)11-2-3/h1-6H,(H,13,14)(H,15,16);1-2H,(H,12,13)(H,14,15)(H,16,17);2*1-4H,(H,9,10)(H,11,12);1H,(H,10,11)(H,12,13)(H,14,15);3-4H,1-2H2,(H,9,10)(H,11,12)(H,13,14);1H,(H,6,7)(H,8,9)(H,10,11);2H,1H2,(H,7,8)(H,9,10). The van der Waals surface area contributed by atoms with Gasteiger partial charge >= 0.3 is 120 Å². The molecule has 2 atom stereocenters. The Balaban J connectivity index is 0.000000325. The first-order valence-corrected chi connectivity index (χ1v) is 29.1. The van der Waals surface area contributed by atoms with Gasteiger partial charge in [-0.2, -0.15) is 0 Å². The summed E-state index contributed by atoms with van der Waals surface area (Å²) in [5.74, 6) is -24.3. The fraction of sp³-hybridized carbons (Fsp3) is 0.0806. The molecule has 47 heteroatoms. The van der Waals surface area contributed by atoms with Crippen molar-refractivity contribution in [2.24, 2.45) is 5.92 Å². The van der Waals surface area contributed by atoms with E-state index in [2.05, 4.69) is 24.9 Å². The molecule has 5 aromatic carbocycles. The molecule has 8 aromatic rings. The number of fused-ring (bicyclic) bond motifs is 2. The maximum absolute atomic E-state index is 10.9. The minimum absolute atomic E-state index is 0.0463. The van der Waals surface area contributed by atoms with E-state index in [1.165, 1.54) is 78.2 Å². The van der Waals surface area contributed by atoms with Gasteiger partial charge in [0.15, 0.2) is 28.4 Å². The molecule has 3 aromatic heterocycles. The molecule has 0 saturated carbocycles. The van der Waals surface area contributed by atoms with Gasteiger partial charge in [0.2, 0.25) is 5.82 Å². The molecule has 46 nitrogen and oxygen atoms in total. The highest BCUT2D eigenvalue weighted by Crippen LogP contribution is 2.27. The maximum Gasteiger partial charge on any atom is 0.417 e. The van der Waals surface area contributed by atoms with Gasteiger partial charge in [0.05, 0.1) is 68.9 Å². The van der Waals surface area contributed by atoms with Crippen molar-refractivity contribution in [3.63, 3.8) is 0 Å². The van der Waals surface area contributed by atoms with E-state index in [1.807, 2.05) is 0 Å². The number of nitrogens with zero attached hydrogens (tertiary/aromatic N) is 6. The van der Waals surface area contributed by atoms with Gasteiger partial charge < -0.3 is 106 Å². The fourth-order valence-electron chi connectivity index (χ4n) is 8.13. The summed E-state index contributed by atoms with van der Waals surface area (Å²) >= 11 is 0.878. The summed E-state index contributed by atoms with van der Waals surface area (Å²) in [5.41, 5.74) is -3.29. The second kappa shape index (κ2) is 39.2. The number of imidazole rings is 1. The number of nitrogens with one attached hydrogen (secondary N) is 1. The van der Waals surface area contributed by atoms with E-state index >= 15 is 0 Å². The monoisotopic (exact) mass is 1550 g/mol.